The molecule has 0 aliphatic heterocycles. The number of carbonyl (C=O) groups is 1. The van der Waals surface area contributed by atoms with Gasteiger partial charge < -0.3 is 14.2 Å². The standard InChI is InChI=1S/C12H12BrF3O4/c1-2-18-11(17)5-6-19-8-3-4-10(9(13)7-8)20-12(14,15)16/h3-4,7H,2,5-6H2,1H3. The van der Waals surface area contributed by atoms with Gasteiger partial charge in [0.1, 0.15) is 11.5 Å². The Balaban J connectivity index is 2.53. The fourth-order valence-corrected chi connectivity index (χ4v) is 1.70. The number of carbonyl (C=O) groups excluding carboxylic acids is 1. The van der Waals surface area contributed by atoms with E-state index in [1.165, 1.54) is 12.1 Å². The van der Waals surface area contributed by atoms with Gasteiger partial charge in [0.25, 0.3) is 0 Å². The first kappa shape index (κ1) is 16.6. The molecular weight excluding hydrogens is 345 g/mol. The molecule has 4 nitrogen and oxygen atoms in total. The molecule has 1 aromatic carbocycles. The smallest absolute Gasteiger partial charge is 0.493 e. The van der Waals surface area contributed by atoms with Crippen molar-refractivity contribution < 1.29 is 32.2 Å². The molecule has 0 radical (unpaired) electrons. The van der Waals surface area contributed by atoms with Crippen LogP contribution in [0.3, 0.4) is 0 Å². The predicted octanol–water partition coefficient (Wildman–Crippen LogP) is 3.68. The van der Waals surface area contributed by atoms with Crippen LogP contribution in [-0.2, 0) is 9.53 Å². The zero-order valence-electron chi connectivity index (χ0n) is 10.5. The summed E-state index contributed by atoms with van der Waals surface area (Å²) >= 11 is 2.95. The minimum absolute atomic E-state index is 0.0618. The summed E-state index contributed by atoms with van der Waals surface area (Å²) in [5.41, 5.74) is 0. The second-order valence-electron chi connectivity index (χ2n) is 3.54. The zero-order chi connectivity index (χ0) is 15.2. The minimum atomic E-state index is -4.76. The van der Waals surface area contributed by atoms with Crippen LogP contribution in [0.4, 0.5) is 13.2 Å². The third-order valence-corrected chi connectivity index (χ3v) is 2.63. The molecule has 0 saturated heterocycles. The third kappa shape index (κ3) is 6.14. The molecule has 0 bridgehead atoms. The summed E-state index contributed by atoms with van der Waals surface area (Å²) in [5.74, 6) is -0.450. The van der Waals surface area contributed by atoms with Gasteiger partial charge in [0.15, 0.2) is 0 Å². The molecule has 0 saturated carbocycles. The maximum Gasteiger partial charge on any atom is 0.573 e. The largest absolute Gasteiger partial charge is 0.573 e. The molecule has 0 heterocycles. The monoisotopic (exact) mass is 356 g/mol. The van der Waals surface area contributed by atoms with E-state index in [9.17, 15) is 18.0 Å². The van der Waals surface area contributed by atoms with Gasteiger partial charge in [-0.15, -0.1) is 13.2 Å². The van der Waals surface area contributed by atoms with E-state index >= 15 is 0 Å². The van der Waals surface area contributed by atoms with Gasteiger partial charge in [-0.3, -0.25) is 4.79 Å². The Morgan fingerprint density at radius 1 is 1.35 bits per heavy atom. The maximum absolute atomic E-state index is 12.1. The Morgan fingerprint density at radius 3 is 2.60 bits per heavy atom. The molecule has 0 amide bonds. The van der Waals surface area contributed by atoms with Gasteiger partial charge in [-0.05, 0) is 41.1 Å². The number of alkyl halides is 3. The fourth-order valence-electron chi connectivity index (χ4n) is 1.26. The van der Waals surface area contributed by atoms with Crippen LogP contribution in [-0.4, -0.2) is 25.5 Å². The summed E-state index contributed by atoms with van der Waals surface area (Å²) in [6, 6.07) is 3.76. The second-order valence-corrected chi connectivity index (χ2v) is 4.40. The van der Waals surface area contributed by atoms with Crippen molar-refractivity contribution in [2.45, 2.75) is 19.7 Å². The van der Waals surface area contributed by atoms with Crippen LogP contribution in [0.1, 0.15) is 13.3 Å². The van der Waals surface area contributed by atoms with E-state index in [2.05, 4.69) is 20.7 Å². The highest BCUT2D eigenvalue weighted by Crippen LogP contribution is 2.33. The number of esters is 1. The number of hydrogen-bond acceptors (Lipinski definition) is 4. The molecule has 0 aliphatic rings. The topological polar surface area (TPSA) is 44.8 Å². The first-order valence-corrected chi connectivity index (χ1v) is 6.45. The maximum atomic E-state index is 12.1. The van der Waals surface area contributed by atoms with E-state index in [0.29, 0.717) is 5.75 Å². The summed E-state index contributed by atoms with van der Waals surface area (Å²) in [7, 11) is 0. The van der Waals surface area contributed by atoms with Crippen molar-refractivity contribution in [3.8, 4) is 11.5 Å². The molecular formula is C12H12BrF3O4. The Bertz CT molecular complexity index is 463. The Labute approximate surface area is 121 Å². The van der Waals surface area contributed by atoms with Gasteiger partial charge in [0.2, 0.25) is 0 Å². The van der Waals surface area contributed by atoms with Gasteiger partial charge >= 0.3 is 12.3 Å². The molecule has 1 rings (SSSR count). The lowest BCUT2D eigenvalue weighted by molar-refractivity contribution is -0.274. The summed E-state index contributed by atoms with van der Waals surface area (Å²) in [5, 5.41) is 0. The molecule has 0 aromatic heterocycles. The molecule has 0 spiro atoms. The zero-order valence-corrected chi connectivity index (χ0v) is 12.1. The van der Waals surface area contributed by atoms with E-state index < -0.39 is 12.3 Å². The quantitative estimate of drug-likeness (QED) is 0.729. The molecule has 0 aliphatic carbocycles. The lowest BCUT2D eigenvalue weighted by atomic mass is 10.3. The second kappa shape index (κ2) is 7.37. The highest BCUT2D eigenvalue weighted by molar-refractivity contribution is 9.10. The summed E-state index contributed by atoms with van der Waals surface area (Å²) < 4.78 is 50.0. The lowest BCUT2D eigenvalue weighted by Gasteiger charge is -2.12. The number of benzene rings is 1. The van der Waals surface area contributed by atoms with Gasteiger partial charge in [-0.2, -0.15) is 0 Å². The normalized spacial score (nSPS) is 11.1. The lowest BCUT2D eigenvalue weighted by Crippen LogP contribution is -2.17. The van der Waals surface area contributed by atoms with Crippen molar-refractivity contribution >= 4 is 21.9 Å². The van der Waals surface area contributed by atoms with Crippen LogP contribution in [0.5, 0.6) is 11.5 Å². The van der Waals surface area contributed by atoms with Crippen molar-refractivity contribution in [1.82, 2.24) is 0 Å². The van der Waals surface area contributed by atoms with Crippen LogP contribution in [0.2, 0.25) is 0 Å². The number of hydrogen-bond donors (Lipinski definition) is 0. The Hall–Kier alpha value is -1.44. The summed E-state index contributed by atoms with van der Waals surface area (Å²) in [4.78, 5) is 11.1. The minimum Gasteiger partial charge on any atom is -0.493 e. The van der Waals surface area contributed by atoms with E-state index in [4.69, 9.17) is 9.47 Å². The van der Waals surface area contributed by atoms with Crippen molar-refractivity contribution in [2.75, 3.05) is 13.2 Å². The average Bonchev–Trinajstić information content (AvgIpc) is 2.31. The highest BCUT2D eigenvalue weighted by Gasteiger charge is 2.31. The van der Waals surface area contributed by atoms with Gasteiger partial charge in [0.05, 0.1) is 24.1 Å². The number of rotatable bonds is 6. The highest BCUT2D eigenvalue weighted by atomic mass is 79.9. The average molecular weight is 357 g/mol. The Morgan fingerprint density at radius 2 is 2.05 bits per heavy atom. The van der Waals surface area contributed by atoms with E-state index in [0.717, 1.165) is 6.07 Å². The molecule has 0 N–H and O–H groups in total. The van der Waals surface area contributed by atoms with Crippen molar-refractivity contribution in [3.63, 3.8) is 0 Å². The van der Waals surface area contributed by atoms with Crippen LogP contribution in [0.15, 0.2) is 22.7 Å². The van der Waals surface area contributed by atoms with Crippen molar-refractivity contribution in [1.29, 1.82) is 0 Å². The van der Waals surface area contributed by atoms with Crippen LogP contribution in [0, 0.1) is 0 Å². The van der Waals surface area contributed by atoms with Gasteiger partial charge in [0, 0.05) is 0 Å². The molecule has 1 aromatic rings. The SMILES string of the molecule is CCOC(=O)CCOc1ccc(OC(F)(F)F)c(Br)c1. The summed E-state index contributed by atoms with van der Waals surface area (Å²) in [6.07, 6.45) is -4.69. The first-order valence-electron chi connectivity index (χ1n) is 5.65. The molecule has 0 atom stereocenters. The van der Waals surface area contributed by atoms with E-state index in [1.807, 2.05) is 0 Å². The van der Waals surface area contributed by atoms with E-state index in [1.54, 1.807) is 6.92 Å². The Kier molecular flexibility index (Phi) is 6.12. The van der Waals surface area contributed by atoms with Crippen LogP contribution in [0.25, 0.3) is 0 Å². The molecule has 0 unspecified atom stereocenters. The van der Waals surface area contributed by atoms with Crippen molar-refractivity contribution in [2.24, 2.45) is 0 Å². The molecule has 112 valence electrons. The van der Waals surface area contributed by atoms with Crippen LogP contribution >= 0.6 is 15.9 Å². The molecule has 0 fully saturated rings. The van der Waals surface area contributed by atoms with Crippen LogP contribution < -0.4 is 9.47 Å². The first-order chi connectivity index (χ1) is 9.31. The molecule has 20 heavy (non-hydrogen) atoms. The van der Waals surface area contributed by atoms with Gasteiger partial charge in [-0.25, -0.2) is 0 Å². The fraction of sp³-hybridized carbons (Fsp3) is 0.417. The molecule has 8 heteroatoms. The summed E-state index contributed by atoms with van der Waals surface area (Å²) in [6.45, 7) is 2.05. The predicted molar refractivity (Wildman–Crippen MR) is 67.6 cm³/mol. The van der Waals surface area contributed by atoms with Gasteiger partial charge in [-0.1, -0.05) is 0 Å². The van der Waals surface area contributed by atoms with E-state index in [-0.39, 0.29) is 29.9 Å². The van der Waals surface area contributed by atoms with Crippen molar-refractivity contribution in [3.05, 3.63) is 22.7 Å². The third-order valence-electron chi connectivity index (χ3n) is 2.01. The number of halogens is 4. The number of ether oxygens (including phenoxy) is 3.